The molecule has 0 unspecified atom stereocenters. The molecule has 7 heavy (non-hydrogen) atoms. The summed E-state index contributed by atoms with van der Waals surface area (Å²) in [5.74, 6) is 0. The van der Waals surface area contributed by atoms with Gasteiger partial charge in [0.2, 0.25) is 0 Å². The van der Waals surface area contributed by atoms with Crippen molar-refractivity contribution in [2.75, 3.05) is 0 Å². The summed E-state index contributed by atoms with van der Waals surface area (Å²) in [6.45, 7) is 5.75. The minimum absolute atomic E-state index is 0.167. The Kier molecular flexibility index (Phi) is 2.66. The molecule has 0 saturated heterocycles. The predicted molar refractivity (Wildman–Crippen MR) is 33.1 cm³/mol. The maximum absolute atomic E-state index is 11.7. The highest BCUT2D eigenvalue weighted by Crippen LogP contribution is 2.27. The van der Waals surface area contributed by atoms with Crippen molar-refractivity contribution < 1.29 is 3.89 Å². The molecule has 0 amide bonds. The molecule has 0 rings (SSSR count). The average molecular weight is 122 g/mol. The Hall–Kier alpha value is 0.280. The molecule has 0 aliphatic heterocycles. The average Bonchev–Trinajstić information content (AvgIpc) is 1.68. The van der Waals surface area contributed by atoms with Gasteiger partial charge in [0.1, 0.15) is 0 Å². The fourth-order valence-corrected chi connectivity index (χ4v) is 0.164. The van der Waals surface area contributed by atoms with Crippen LogP contribution in [-0.2, 0) is 0 Å². The molecule has 0 heterocycles. The van der Waals surface area contributed by atoms with Crippen LogP contribution in [0.25, 0.3) is 0 Å². The van der Waals surface area contributed by atoms with Crippen LogP contribution in [0, 0.1) is 0 Å². The van der Waals surface area contributed by atoms with Crippen LogP contribution in [0.2, 0.25) is 0 Å². The Balaban J connectivity index is 3.36. The van der Waals surface area contributed by atoms with Gasteiger partial charge in [-0.2, -0.15) is 3.89 Å². The van der Waals surface area contributed by atoms with Gasteiger partial charge in [0.25, 0.3) is 0 Å². The van der Waals surface area contributed by atoms with Crippen molar-refractivity contribution >= 4 is 12.1 Å². The summed E-state index contributed by atoms with van der Waals surface area (Å²) in [7, 11) is 0. The molecular weight excluding hydrogens is 111 g/mol. The zero-order chi connectivity index (χ0) is 5.91. The van der Waals surface area contributed by atoms with Crippen LogP contribution < -0.4 is 0 Å². The van der Waals surface area contributed by atoms with Gasteiger partial charge in [0.05, 0.1) is 12.1 Å². The highest BCUT2D eigenvalue weighted by molar-refractivity contribution is 7.95. The van der Waals surface area contributed by atoms with E-state index in [0.29, 0.717) is 12.1 Å². The summed E-state index contributed by atoms with van der Waals surface area (Å²) in [6, 6.07) is 0. The van der Waals surface area contributed by atoms with Crippen molar-refractivity contribution in [3.63, 3.8) is 0 Å². The van der Waals surface area contributed by atoms with Crippen LogP contribution in [0.1, 0.15) is 27.2 Å². The fourth-order valence-electron chi connectivity index (χ4n) is 0.0546. The van der Waals surface area contributed by atoms with Gasteiger partial charge in [-0.3, -0.25) is 0 Å². The molecule has 0 spiro atoms. The third-order valence-corrected chi connectivity index (χ3v) is 1.77. The Bertz CT molecular complexity index is 46.0. The van der Waals surface area contributed by atoms with Crippen molar-refractivity contribution in [1.82, 2.24) is 0 Å². The second-order valence-corrected chi connectivity index (χ2v) is 3.45. The third-order valence-electron chi connectivity index (χ3n) is 1.06. The molecule has 0 fully saturated rings. The molecule has 0 aromatic heterocycles. The Morgan fingerprint density at radius 1 is 1.57 bits per heavy atom. The van der Waals surface area contributed by atoms with Crippen molar-refractivity contribution in [2.24, 2.45) is 0 Å². The van der Waals surface area contributed by atoms with Crippen LogP contribution in [0.4, 0.5) is 3.89 Å². The molecule has 0 aliphatic rings. The van der Waals surface area contributed by atoms with Crippen LogP contribution in [0.15, 0.2) is 0 Å². The normalized spacial score (nSPS) is 12.0. The van der Waals surface area contributed by atoms with E-state index in [1.165, 1.54) is 0 Å². The molecule has 0 aromatic rings. The van der Waals surface area contributed by atoms with Crippen molar-refractivity contribution in [3.05, 3.63) is 0 Å². The molecule has 0 nitrogen and oxygen atoms in total. The van der Waals surface area contributed by atoms with E-state index in [9.17, 15) is 3.89 Å². The molecule has 0 radical (unpaired) electrons. The molecule has 2 heteroatoms. The zero-order valence-corrected chi connectivity index (χ0v) is 5.81. The summed E-state index contributed by atoms with van der Waals surface area (Å²) < 4.78 is 11.5. The molecule has 44 valence electrons. The van der Waals surface area contributed by atoms with Gasteiger partial charge >= 0.3 is 0 Å². The van der Waals surface area contributed by atoms with Gasteiger partial charge in [0, 0.05) is 4.75 Å². The number of halogens is 1. The first kappa shape index (κ1) is 7.28. The Labute approximate surface area is 48.8 Å². The summed E-state index contributed by atoms with van der Waals surface area (Å²) in [6.07, 6.45) is 0.883. The molecule has 0 aromatic carbocycles. The summed E-state index contributed by atoms with van der Waals surface area (Å²) in [4.78, 5) is 0. The van der Waals surface area contributed by atoms with E-state index in [0.717, 1.165) is 6.42 Å². The molecule has 0 bridgehead atoms. The summed E-state index contributed by atoms with van der Waals surface area (Å²) in [5, 5.41) is 0. The van der Waals surface area contributed by atoms with Gasteiger partial charge in [0.15, 0.2) is 0 Å². The zero-order valence-electron chi connectivity index (χ0n) is 4.99. The van der Waals surface area contributed by atoms with Gasteiger partial charge < -0.3 is 0 Å². The summed E-state index contributed by atoms with van der Waals surface area (Å²) >= 11 is 0.427. The van der Waals surface area contributed by atoms with E-state index in [2.05, 4.69) is 0 Å². The third kappa shape index (κ3) is 2.92. The minimum atomic E-state index is -0.167. The first-order valence-corrected chi connectivity index (χ1v) is 3.14. The van der Waals surface area contributed by atoms with Crippen LogP contribution >= 0.6 is 12.1 Å². The highest BCUT2D eigenvalue weighted by atomic mass is 32.2. The molecular formula is C5H11FS. The van der Waals surface area contributed by atoms with Gasteiger partial charge in [-0.25, -0.2) is 0 Å². The van der Waals surface area contributed by atoms with Crippen LogP contribution in [0.3, 0.4) is 0 Å². The monoisotopic (exact) mass is 122 g/mol. The predicted octanol–water partition coefficient (Wildman–Crippen LogP) is 2.79. The Morgan fingerprint density at radius 2 is 2.00 bits per heavy atom. The quantitative estimate of drug-likeness (QED) is 0.542. The number of rotatable bonds is 2. The lowest BCUT2D eigenvalue weighted by Crippen LogP contribution is -2.09. The highest BCUT2D eigenvalue weighted by Gasteiger charge is 2.14. The number of hydrogen-bond acceptors (Lipinski definition) is 1. The first-order valence-electron chi connectivity index (χ1n) is 2.42. The van der Waals surface area contributed by atoms with Crippen LogP contribution in [-0.4, -0.2) is 4.75 Å². The van der Waals surface area contributed by atoms with Crippen molar-refractivity contribution in [2.45, 2.75) is 31.9 Å². The summed E-state index contributed by atoms with van der Waals surface area (Å²) in [5.41, 5.74) is 0. The molecule has 0 aliphatic carbocycles. The minimum Gasteiger partial charge on any atom is -0.165 e. The smallest absolute Gasteiger partial charge is 0.0505 e. The largest absolute Gasteiger partial charge is 0.165 e. The van der Waals surface area contributed by atoms with E-state index in [1.54, 1.807) is 0 Å². The van der Waals surface area contributed by atoms with Gasteiger partial charge in [-0.15, -0.1) is 0 Å². The lowest BCUT2D eigenvalue weighted by Gasteiger charge is -2.13. The molecule has 0 saturated carbocycles. The first-order chi connectivity index (χ1) is 3.12. The van der Waals surface area contributed by atoms with Gasteiger partial charge in [-0.05, 0) is 20.3 Å². The standard InChI is InChI=1S/C5H11FS/c1-4-5(2,3)7-6/h4H2,1-3H3. The van der Waals surface area contributed by atoms with E-state index < -0.39 is 0 Å². The lowest BCUT2D eigenvalue weighted by atomic mass is 10.1. The lowest BCUT2D eigenvalue weighted by molar-refractivity contribution is 0.662. The van der Waals surface area contributed by atoms with E-state index >= 15 is 0 Å². The van der Waals surface area contributed by atoms with Crippen molar-refractivity contribution in [1.29, 1.82) is 0 Å². The molecule has 0 atom stereocenters. The second-order valence-electron chi connectivity index (χ2n) is 2.19. The second kappa shape index (κ2) is 2.55. The van der Waals surface area contributed by atoms with E-state index in [-0.39, 0.29) is 4.75 Å². The van der Waals surface area contributed by atoms with E-state index in [4.69, 9.17) is 0 Å². The van der Waals surface area contributed by atoms with Gasteiger partial charge in [-0.1, -0.05) is 6.92 Å². The maximum Gasteiger partial charge on any atom is 0.0505 e. The topological polar surface area (TPSA) is 0 Å². The Morgan fingerprint density at radius 3 is 2.00 bits per heavy atom. The molecule has 0 N–H and O–H groups in total. The maximum atomic E-state index is 11.7. The number of hydrogen-bond donors (Lipinski definition) is 0. The SMILES string of the molecule is CCC(C)(C)SF. The fraction of sp³-hybridized carbons (Fsp3) is 1.00. The van der Waals surface area contributed by atoms with Crippen LogP contribution in [0.5, 0.6) is 0 Å². The van der Waals surface area contributed by atoms with Crippen molar-refractivity contribution in [3.8, 4) is 0 Å². The van der Waals surface area contributed by atoms with E-state index in [1.807, 2.05) is 20.8 Å².